The number of pyridine rings is 1. The van der Waals surface area contributed by atoms with Crippen molar-refractivity contribution in [1.29, 1.82) is 0 Å². The summed E-state index contributed by atoms with van der Waals surface area (Å²) >= 11 is 0. The number of halogens is 2. The Bertz CT molecular complexity index is 685. The van der Waals surface area contributed by atoms with E-state index in [1.165, 1.54) is 19.2 Å². The van der Waals surface area contributed by atoms with E-state index in [1.54, 1.807) is 26.0 Å². The molecule has 130 valence electrons. The molecular weight excluding hydrogens is 316 g/mol. The second-order valence-corrected chi connectivity index (χ2v) is 4.83. The summed E-state index contributed by atoms with van der Waals surface area (Å²) in [6, 6.07) is 6.97. The Morgan fingerprint density at radius 1 is 1.12 bits per heavy atom. The van der Waals surface area contributed by atoms with Gasteiger partial charge in [0.2, 0.25) is 0 Å². The highest BCUT2D eigenvalue weighted by atomic mass is 19.2. The minimum atomic E-state index is -1.16. The molecule has 0 spiro atoms. The van der Waals surface area contributed by atoms with Gasteiger partial charge < -0.3 is 9.47 Å². The van der Waals surface area contributed by atoms with Crippen LogP contribution in [0.4, 0.5) is 8.78 Å². The molecular formula is C18H21F2NO3. The lowest BCUT2D eigenvalue weighted by atomic mass is 10.1. The number of rotatable bonds is 4. The van der Waals surface area contributed by atoms with Crippen LogP contribution < -0.4 is 4.74 Å². The Morgan fingerprint density at radius 3 is 2.21 bits per heavy atom. The molecule has 1 heterocycles. The van der Waals surface area contributed by atoms with E-state index in [-0.39, 0.29) is 17.5 Å². The average Bonchev–Trinajstić information content (AvgIpc) is 2.58. The Labute approximate surface area is 140 Å². The van der Waals surface area contributed by atoms with Crippen LogP contribution in [0.3, 0.4) is 0 Å². The maximum absolute atomic E-state index is 14.0. The third-order valence-electron chi connectivity index (χ3n) is 2.83. The zero-order valence-corrected chi connectivity index (χ0v) is 14.4. The average molecular weight is 337 g/mol. The Kier molecular flexibility index (Phi) is 7.30. The number of aromatic nitrogens is 1. The number of carbonyl (C=O) groups is 1. The van der Waals surface area contributed by atoms with Crippen molar-refractivity contribution in [2.24, 2.45) is 0 Å². The van der Waals surface area contributed by atoms with E-state index >= 15 is 0 Å². The van der Waals surface area contributed by atoms with E-state index in [9.17, 15) is 13.6 Å². The standard InChI is InChI=1S/C16H15F2NO3.C2H6/c1-9(2)22-16(20)13-8-12(17)14(18)15(19-13)10-4-6-11(21-3)7-5-10;1-2/h4-9H,1-3H3;1-2H3. The summed E-state index contributed by atoms with van der Waals surface area (Å²) in [7, 11) is 1.50. The molecule has 24 heavy (non-hydrogen) atoms. The van der Waals surface area contributed by atoms with Crippen molar-refractivity contribution >= 4 is 5.97 Å². The first-order valence-corrected chi connectivity index (χ1v) is 7.63. The van der Waals surface area contributed by atoms with Gasteiger partial charge in [-0.25, -0.2) is 18.6 Å². The van der Waals surface area contributed by atoms with Crippen LogP contribution in [0.15, 0.2) is 30.3 Å². The fourth-order valence-electron chi connectivity index (χ4n) is 1.82. The molecule has 0 saturated heterocycles. The highest BCUT2D eigenvalue weighted by Gasteiger charge is 2.19. The lowest BCUT2D eigenvalue weighted by Gasteiger charge is -2.10. The molecule has 0 atom stereocenters. The van der Waals surface area contributed by atoms with Crippen molar-refractivity contribution in [3.63, 3.8) is 0 Å². The number of ether oxygens (including phenoxy) is 2. The van der Waals surface area contributed by atoms with E-state index in [1.807, 2.05) is 13.8 Å². The molecule has 0 amide bonds. The molecule has 1 aromatic heterocycles. The monoisotopic (exact) mass is 337 g/mol. The molecule has 6 heteroatoms. The zero-order valence-electron chi connectivity index (χ0n) is 14.4. The molecule has 0 fully saturated rings. The van der Waals surface area contributed by atoms with E-state index < -0.39 is 17.6 Å². The molecule has 2 rings (SSSR count). The van der Waals surface area contributed by atoms with Gasteiger partial charge in [0.15, 0.2) is 17.3 Å². The smallest absolute Gasteiger partial charge is 0.357 e. The molecule has 0 aliphatic rings. The number of benzene rings is 1. The summed E-state index contributed by atoms with van der Waals surface area (Å²) in [6.07, 6.45) is -0.383. The van der Waals surface area contributed by atoms with Crippen LogP contribution >= 0.6 is 0 Å². The van der Waals surface area contributed by atoms with Crippen LogP contribution in [0.5, 0.6) is 5.75 Å². The molecule has 0 aliphatic carbocycles. The Hall–Kier alpha value is -2.50. The van der Waals surface area contributed by atoms with Crippen molar-refractivity contribution in [2.45, 2.75) is 33.8 Å². The first-order valence-electron chi connectivity index (χ1n) is 7.63. The lowest BCUT2D eigenvalue weighted by molar-refractivity contribution is 0.0370. The van der Waals surface area contributed by atoms with Crippen molar-refractivity contribution < 1.29 is 23.0 Å². The van der Waals surface area contributed by atoms with Crippen molar-refractivity contribution in [1.82, 2.24) is 4.98 Å². The normalized spacial score (nSPS) is 10.0. The quantitative estimate of drug-likeness (QED) is 0.764. The minimum Gasteiger partial charge on any atom is -0.497 e. The predicted octanol–water partition coefficient (Wildman–Crippen LogP) is 4.63. The summed E-state index contributed by atoms with van der Waals surface area (Å²) in [6.45, 7) is 7.31. The molecule has 1 aromatic carbocycles. The van der Waals surface area contributed by atoms with Crippen LogP contribution in [0.25, 0.3) is 11.3 Å². The van der Waals surface area contributed by atoms with E-state index in [0.29, 0.717) is 11.3 Å². The molecule has 0 N–H and O–H groups in total. The Morgan fingerprint density at radius 2 is 1.71 bits per heavy atom. The van der Waals surface area contributed by atoms with Crippen LogP contribution in [0, 0.1) is 11.6 Å². The third-order valence-corrected chi connectivity index (χ3v) is 2.83. The molecule has 0 radical (unpaired) electrons. The van der Waals surface area contributed by atoms with Crippen molar-refractivity contribution in [3.05, 3.63) is 47.7 Å². The minimum absolute atomic E-state index is 0.252. The van der Waals surface area contributed by atoms with Crippen LogP contribution in [-0.2, 0) is 4.74 Å². The first-order chi connectivity index (χ1) is 11.4. The number of hydrogen-bond donors (Lipinski definition) is 0. The van der Waals surface area contributed by atoms with Crippen molar-refractivity contribution in [2.75, 3.05) is 7.11 Å². The topological polar surface area (TPSA) is 48.4 Å². The molecule has 0 bridgehead atoms. The fraction of sp³-hybridized carbons (Fsp3) is 0.333. The zero-order chi connectivity index (χ0) is 18.3. The highest BCUT2D eigenvalue weighted by Crippen LogP contribution is 2.25. The summed E-state index contributed by atoms with van der Waals surface area (Å²) in [5.41, 5.74) is -0.201. The van der Waals surface area contributed by atoms with Gasteiger partial charge in [0.1, 0.15) is 11.4 Å². The van der Waals surface area contributed by atoms with E-state index in [0.717, 1.165) is 6.07 Å². The number of carbonyl (C=O) groups excluding carboxylic acids is 1. The van der Waals surface area contributed by atoms with Crippen LogP contribution in [-0.4, -0.2) is 24.2 Å². The van der Waals surface area contributed by atoms with E-state index in [2.05, 4.69) is 4.98 Å². The molecule has 0 saturated carbocycles. The first kappa shape index (κ1) is 19.5. The SMILES string of the molecule is CC.COc1ccc(-c2nc(C(=O)OC(C)C)cc(F)c2F)cc1. The summed E-state index contributed by atoms with van der Waals surface area (Å²) in [5, 5.41) is 0. The molecule has 2 aromatic rings. The maximum atomic E-state index is 14.0. The molecule has 0 aliphatic heterocycles. The van der Waals surface area contributed by atoms with Gasteiger partial charge in [0.25, 0.3) is 0 Å². The second kappa shape index (κ2) is 8.96. The van der Waals surface area contributed by atoms with Crippen LogP contribution in [0.2, 0.25) is 0 Å². The maximum Gasteiger partial charge on any atom is 0.357 e. The van der Waals surface area contributed by atoms with E-state index in [4.69, 9.17) is 9.47 Å². The van der Waals surface area contributed by atoms with Gasteiger partial charge in [-0.1, -0.05) is 13.8 Å². The molecule has 4 nitrogen and oxygen atoms in total. The number of nitrogens with zero attached hydrogens (tertiary/aromatic N) is 1. The number of esters is 1. The summed E-state index contributed by atoms with van der Waals surface area (Å²) in [4.78, 5) is 15.7. The fourth-order valence-corrected chi connectivity index (χ4v) is 1.82. The van der Waals surface area contributed by atoms with Crippen molar-refractivity contribution in [3.8, 4) is 17.0 Å². The van der Waals surface area contributed by atoms with Gasteiger partial charge in [0.05, 0.1) is 13.2 Å². The number of hydrogen-bond acceptors (Lipinski definition) is 4. The predicted molar refractivity (Wildman–Crippen MR) is 88.0 cm³/mol. The number of methoxy groups -OCH3 is 1. The summed E-state index contributed by atoms with van der Waals surface area (Å²) < 4.78 is 37.6. The second-order valence-electron chi connectivity index (χ2n) is 4.83. The van der Waals surface area contributed by atoms with Gasteiger partial charge >= 0.3 is 5.97 Å². The molecule has 0 unspecified atom stereocenters. The van der Waals surface area contributed by atoms with Gasteiger partial charge in [-0.2, -0.15) is 0 Å². The largest absolute Gasteiger partial charge is 0.497 e. The Balaban J connectivity index is 0.00000139. The van der Waals surface area contributed by atoms with Crippen LogP contribution in [0.1, 0.15) is 38.2 Å². The highest BCUT2D eigenvalue weighted by molar-refractivity contribution is 5.88. The van der Waals surface area contributed by atoms with Gasteiger partial charge in [-0.3, -0.25) is 0 Å². The lowest BCUT2D eigenvalue weighted by Crippen LogP contribution is -2.14. The summed E-state index contributed by atoms with van der Waals surface area (Å²) in [5.74, 6) is -2.51. The van der Waals surface area contributed by atoms with Gasteiger partial charge in [0, 0.05) is 11.6 Å². The van der Waals surface area contributed by atoms with Gasteiger partial charge in [-0.15, -0.1) is 0 Å². The van der Waals surface area contributed by atoms with Gasteiger partial charge in [-0.05, 0) is 38.1 Å². The third kappa shape index (κ3) is 4.75.